The Morgan fingerprint density at radius 2 is 2.07 bits per heavy atom. The van der Waals surface area contributed by atoms with Crippen molar-refractivity contribution in [3.63, 3.8) is 0 Å². The summed E-state index contributed by atoms with van der Waals surface area (Å²) in [5.41, 5.74) is 1.57. The molecule has 0 aromatic rings. The third-order valence-corrected chi connectivity index (χ3v) is 2.50. The second-order valence-corrected chi connectivity index (χ2v) is 3.62. The Morgan fingerprint density at radius 3 is 2.50 bits per heavy atom. The zero-order chi connectivity index (χ0) is 10.6. The number of carbonyl (C=O) groups excluding carboxylic acids is 1. The van der Waals surface area contributed by atoms with Crippen molar-refractivity contribution in [3.8, 4) is 0 Å². The van der Waals surface area contributed by atoms with Crippen LogP contribution in [0.1, 0.15) is 39.5 Å². The molecule has 1 saturated carbocycles. The summed E-state index contributed by atoms with van der Waals surface area (Å²) in [7, 11) is 0. The molecule has 0 bridgehead atoms. The number of allylic oxidation sites excluding steroid dienone is 1. The van der Waals surface area contributed by atoms with Gasteiger partial charge in [-0.25, -0.2) is 4.79 Å². The maximum Gasteiger partial charge on any atom is 0.336 e. The lowest BCUT2D eigenvalue weighted by molar-refractivity contribution is -0.139. The van der Waals surface area contributed by atoms with E-state index in [0.717, 1.165) is 31.3 Å². The van der Waals surface area contributed by atoms with E-state index in [1.54, 1.807) is 13.8 Å². The van der Waals surface area contributed by atoms with Gasteiger partial charge in [-0.1, -0.05) is 5.57 Å². The van der Waals surface area contributed by atoms with Crippen LogP contribution in [0.4, 0.5) is 0 Å². The molecular weight excluding hydrogens is 180 g/mol. The van der Waals surface area contributed by atoms with E-state index in [9.17, 15) is 9.90 Å². The molecule has 0 aromatic heterocycles. The largest absolute Gasteiger partial charge is 0.463 e. The van der Waals surface area contributed by atoms with Crippen LogP contribution in [0.3, 0.4) is 0 Å². The molecule has 1 N–H and O–H groups in total. The molecule has 1 aliphatic carbocycles. The molecule has 0 aliphatic heterocycles. The van der Waals surface area contributed by atoms with E-state index in [0.29, 0.717) is 12.2 Å². The van der Waals surface area contributed by atoms with Crippen molar-refractivity contribution >= 4 is 5.97 Å². The van der Waals surface area contributed by atoms with Gasteiger partial charge in [-0.15, -0.1) is 0 Å². The molecule has 0 amide bonds. The van der Waals surface area contributed by atoms with E-state index in [1.165, 1.54) is 0 Å². The number of ether oxygens (including phenoxy) is 1. The molecule has 0 saturated heterocycles. The molecule has 80 valence electrons. The monoisotopic (exact) mass is 198 g/mol. The Morgan fingerprint density at radius 1 is 1.50 bits per heavy atom. The van der Waals surface area contributed by atoms with E-state index >= 15 is 0 Å². The van der Waals surface area contributed by atoms with Gasteiger partial charge in [-0.05, 0) is 39.5 Å². The third-order valence-electron chi connectivity index (χ3n) is 2.50. The van der Waals surface area contributed by atoms with Gasteiger partial charge in [0.25, 0.3) is 0 Å². The second kappa shape index (κ2) is 5.15. The predicted octanol–water partition coefficient (Wildman–Crippen LogP) is 1.80. The zero-order valence-electron chi connectivity index (χ0n) is 8.88. The lowest BCUT2D eigenvalue weighted by Gasteiger charge is -2.12. The number of rotatable bonds is 3. The van der Waals surface area contributed by atoms with Crippen LogP contribution in [0.15, 0.2) is 11.1 Å². The molecule has 1 aliphatic rings. The zero-order valence-corrected chi connectivity index (χ0v) is 8.88. The van der Waals surface area contributed by atoms with E-state index in [4.69, 9.17) is 4.74 Å². The van der Waals surface area contributed by atoms with E-state index in [2.05, 4.69) is 0 Å². The molecule has 1 fully saturated rings. The quantitative estimate of drug-likeness (QED) is 0.555. The van der Waals surface area contributed by atoms with Crippen LogP contribution < -0.4 is 0 Å². The van der Waals surface area contributed by atoms with Crippen LogP contribution in [-0.2, 0) is 9.53 Å². The highest BCUT2D eigenvalue weighted by Crippen LogP contribution is 2.28. The lowest BCUT2D eigenvalue weighted by Crippen LogP contribution is -2.19. The summed E-state index contributed by atoms with van der Waals surface area (Å²) in [4.78, 5) is 11.5. The molecule has 0 spiro atoms. The highest BCUT2D eigenvalue weighted by atomic mass is 16.5. The molecule has 0 heterocycles. The fourth-order valence-electron chi connectivity index (χ4n) is 1.89. The first-order valence-corrected chi connectivity index (χ1v) is 5.24. The number of hydrogen-bond acceptors (Lipinski definition) is 3. The van der Waals surface area contributed by atoms with Gasteiger partial charge in [0, 0.05) is 0 Å². The average Bonchev–Trinajstić information content (AvgIpc) is 2.57. The number of aliphatic hydroxyl groups excluding tert-OH is 1. The van der Waals surface area contributed by atoms with Crippen LogP contribution in [0.5, 0.6) is 0 Å². The minimum atomic E-state index is -0.706. The minimum Gasteiger partial charge on any atom is -0.463 e. The Hall–Kier alpha value is -0.830. The third kappa shape index (κ3) is 2.58. The highest BCUT2D eigenvalue weighted by molar-refractivity contribution is 5.90. The molecule has 0 radical (unpaired) electrons. The summed E-state index contributed by atoms with van der Waals surface area (Å²) >= 11 is 0. The molecule has 3 heteroatoms. The van der Waals surface area contributed by atoms with Crippen molar-refractivity contribution in [1.82, 2.24) is 0 Å². The topological polar surface area (TPSA) is 46.5 Å². The lowest BCUT2D eigenvalue weighted by atomic mass is 10.0. The van der Waals surface area contributed by atoms with Gasteiger partial charge in [0.05, 0.1) is 18.3 Å². The van der Waals surface area contributed by atoms with Crippen molar-refractivity contribution < 1.29 is 14.6 Å². The number of carbonyl (C=O) groups is 1. The van der Waals surface area contributed by atoms with Gasteiger partial charge in [0.1, 0.15) is 0 Å². The van der Waals surface area contributed by atoms with Gasteiger partial charge in [-0.2, -0.15) is 0 Å². The summed E-state index contributed by atoms with van der Waals surface area (Å²) in [5.74, 6) is -0.348. The minimum absolute atomic E-state index is 0.348. The molecule has 3 nitrogen and oxygen atoms in total. The summed E-state index contributed by atoms with van der Waals surface area (Å²) in [6, 6.07) is 0. The Kier molecular flexibility index (Phi) is 4.14. The molecule has 1 rings (SSSR count). The molecule has 0 aromatic carbocycles. The van der Waals surface area contributed by atoms with Gasteiger partial charge in [0.15, 0.2) is 0 Å². The van der Waals surface area contributed by atoms with Gasteiger partial charge < -0.3 is 9.84 Å². The number of hydrogen-bond donors (Lipinski definition) is 1. The molecule has 1 unspecified atom stereocenters. The first-order valence-electron chi connectivity index (χ1n) is 5.24. The maximum atomic E-state index is 11.5. The fourth-order valence-corrected chi connectivity index (χ4v) is 1.89. The number of aliphatic hydroxyl groups is 1. The first kappa shape index (κ1) is 11.2. The predicted molar refractivity (Wildman–Crippen MR) is 53.8 cm³/mol. The van der Waals surface area contributed by atoms with Crippen LogP contribution in [0.25, 0.3) is 0 Å². The summed E-state index contributed by atoms with van der Waals surface area (Å²) in [5, 5.41) is 9.51. The Balaban J connectivity index is 2.82. The van der Waals surface area contributed by atoms with Crippen LogP contribution in [-0.4, -0.2) is 23.8 Å². The Labute approximate surface area is 84.8 Å². The summed E-state index contributed by atoms with van der Waals surface area (Å²) in [6.45, 7) is 3.76. The van der Waals surface area contributed by atoms with Crippen molar-refractivity contribution in [2.45, 2.75) is 45.6 Å². The van der Waals surface area contributed by atoms with E-state index in [1.807, 2.05) is 0 Å². The summed E-state index contributed by atoms with van der Waals surface area (Å²) < 4.78 is 4.92. The molecular formula is C11H18O3. The molecule has 14 heavy (non-hydrogen) atoms. The summed E-state index contributed by atoms with van der Waals surface area (Å²) in [6.07, 6.45) is 3.38. The maximum absolute atomic E-state index is 11.5. The number of esters is 1. The van der Waals surface area contributed by atoms with Crippen LogP contribution in [0, 0.1) is 0 Å². The van der Waals surface area contributed by atoms with Crippen molar-refractivity contribution in [3.05, 3.63) is 11.1 Å². The smallest absolute Gasteiger partial charge is 0.336 e. The fraction of sp³-hybridized carbons (Fsp3) is 0.727. The Bertz CT molecular complexity index is 233. The molecule has 1 atom stereocenters. The van der Waals surface area contributed by atoms with Crippen molar-refractivity contribution in [1.29, 1.82) is 0 Å². The van der Waals surface area contributed by atoms with E-state index < -0.39 is 6.10 Å². The SMILES string of the molecule is CCOC(=O)C(=C1CCCC1)C(C)O. The van der Waals surface area contributed by atoms with Gasteiger partial charge in [-0.3, -0.25) is 0 Å². The van der Waals surface area contributed by atoms with Gasteiger partial charge >= 0.3 is 5.97 Å². The highest BCUT2D eigenvalue weighted by Gasteiger charge is 2.23. The van der Waals surface area contributed by atoms with Crippen LogP contribution >= 0.6 is 0 Å². The van der Waals surface area contributed by atoms with E-state index in [-0.39, 0.29) is 5.97 Å². The van der Waals surface area contributed by atoms with Gasteiger partial charge in [0.2, 0.25) is 0 Å². The normalized spacial score (nSPS) is 18.1. The van der Waals surface area contributed by atoms with Crippen LogP contribution in [0.2, 0.25) is 0 Å². The first-order chi connectivity index (χ1) is 6.66. The standard InChI is InChI=1S/C11H18O3/c1-3-14-11(13)10(8(2)12)9-6-4-5-7-9/h8,12H,3-7H2,1-2H3. The van der Waals surface area contributed by atoms with Crippen molar-refractivity contribution in [2.24, 2.45) is 0 Å². The average molecular weight is 198 g/mol. The second-order valence-electron chi connectivity index (χ2n) is 3.62. The van der Waals surface area contributed by atoms with Crippen molar-refractivity contribution in [2.75, 3.05) is 6.61 Å².